The van der Waals surface area contributed by atoms with Crippen LogP contribution in [0.5, 0.6) is 5.75 Å². The van der Waals surface area contributed by atoms with Crippen LogP contribution in [0.2, 0.25) is 0 Å². The Balaban J connectivity index is 1.54. The highest BCUT2D eigenvalue weighted by Gasteiger charge is 2.21. The lowest BCUT2D eigenvalue weighted by Gasteiger charge is -2.17. The van der Waals surface area contributed by atoms with Gasteiger partial charge in [-0.2, -0.15) is 0 Å². The van der Waals surface area contributed by atoms with Crippen molar-refractivity contribution in [3.63, 3.8) is 0 Å². The van der Waals surface area contributed by atoms with Crippen molar-refractivity contribution in [2.24, 2.45) is 5.73 Å². The fraction of sp³-hybridized carbons (Fsp3) is 0.261. The number of benzene rings is 2. The molecule has 0 bridgehead atoms. The van der Waals surface area contributed by atoms with Gasteiger partial charge in [-0.3, -0.25) is 9.59 Å². The molecule has 7 heteroatoms. The highest BCUT2D eigenvalue weighted by molar-refractivity contribution is 5.98. The van der Waals surface area contributed by atoms with Gasteiger partial charge in [-0.05, 0) is 48.7 Å². The second-order valence-electron chi connectivity index (χ2n) is 7.38. The van der Waals surface area contributed by atoms with E-state index in [0.717, 1.165) is 36.7 Å². The molecule has 1 aliphatic heterocycles. The zero-order chi connectivity index (χ0) is 21.1. The second-order valence-corrected chi connectivity index (χ2v) is 7.38. The van der Waals surface area contributed by atoms with Gasteiger partial charge >= 0.3 is 0 Å². The van der Waals surface area contributed by atoms with Crippen molar-refractivity contribution in [2.75, 3.05) is 25.4 Å². The molecule has 2 aromatic carbocycles. The van der Waals surface area contributed by atoms with E-state index in [1.807, 2.05) is 29.2 Å². The minimum atomic E-state index is -0.519. The van der Waals surface area contributed by atoms with Crippen molar-refractivity contribution in [3.8, 4) is 5.75 Å². The molecule has 3 aromatic rings. The maximum absolute atomic E-state index is 12.7. The Kier molecular flexibility index (Phi) is 5.52. The lowest BCUT2D eigenvalue weighted by atomic mass is 10.0. The first-order chi connectivity index (χ1) is 14.5. The second kappa shape index (κ2) is 8.41. The first-order valence-electron chi connectivity index (χ1n) is 10.0. The van der Waals surface area contributed by atoms with Crippen LogP contribution < -0.4 is 16.2 Å². The highest BCUT2D eigenvalue weighted by atomic mass is 16.5. The number of ether oxygens (including phenoxy) is 1. The number of likely N-dealkylation sites (tertiary alicyclic amines) is 1. The zero-order valence-electron chi connectivity index (χ0n) is 16.6. The number of carbonyl (C=O) groups excluding carboxylic acids is 2. The van der Waals surface area contributed by atoms with Gasteiger partial charge < -0.3 is 21.1 Å². The molecular formula is C23H24N4O3. The molecule has 0 unspecified atom stereocenters. The molecule has 0 saturated carbocycles. The average molecular weight is 404 g/mol. The third-order valence-electron chi connectivity index (χ3n) is 5.44. The zero-order valence-corrected chi connectivity index (χ0v) is 16.6. The number of aromatic nitrogens is 1. The molecule has 2 amide bonds. The molecule has 4 N–H and O–H groups in total. The summed E-state index contributed by atoms with van der Waals surface area (Å²) in [5, 5.41) is 1.70. The number of nitrogens with two attached hydrogens (primary N) is 2. The van der Waals surface area contributed by atoms with Gasteiger partial charge in [0, 0.05) is 47.6 Å². The van der Waals surface area contributed by atoms with E-state index >= 15 is 0 Å². The molecule has 154 valence electrons. The molecule has 0 atom stereocenters. The van der Waals surface area contributed by atoms with Gasteiger partial charge in [-0.25, -0.2) is 4.98 Å². The Labute approximate surface area is 174 Å². The number of rotatable bonds is 6. The standard InChI is InChI=1S/C23H24N4O3/c24-21-19-4-3-5-20(18(19)8-10-26-21)30-13-9-15-14-16(6-7-17(15)22(25)28)23(29)27-11-1-2-12-27/h3-8,10,14H,1-2,9,11-13H2,(H2,24,26)(H2,25,28). The number of nitrogens with zero attached hydrogens (tertiary/aromatic N) is 2. The Bertz CT molecular complexity index is 1110. The fourth-order valence-electron chi connectivity index (χ4n) is 3.87. The largest absolute Gasteiger partial charge is 0.493 e. The molecule has 1 saturated heterocycles. The summed E-state index contributed by atoms with van der Waals surface area (Å²) in [7, 11) is 0. The van der Waals surface area contributed by atoms with Crippen molar-refractivity contribution < 1.29 is 14.3 Å². The Morgan fingerprint density at radius 2 is 1.87 bits per heavy atom. The summed E-state index contributed by atoms with van der Waals surface area (Å²) in [6, 6.07) is 12.5. The Hall–Kier alpha value is -3.61. The maximum Gasteiger partial charge on any atom is 0.253 e. The summed E-state index contributed by atoms with van der Waals surface area (Å²) in [4.78, 5) is 30.5. The van der Waals surface area contributed by atoms with E-state index in [9.17, 15) is 9.59 Å². The van der Waals surface area contributed by atoms with E-state index in [2.05, 4.69) is 4.98 Å². The van der Waals surface area contributed by atoms with Crippen LogP contribution in [0, 0.1) is 0 Å². The predicted molar refractivity (Wildman–Crippen MR) is 115 cm³/mol. The van der Waals surface area contributed by atoms with Crippen LogP contribution in [-0.2, 0) is 6.42 Å². The predicted octanol–water partition coefficient (Wildman–Crippen LogP) is 2.77. The summed E-state index contributed by atoms with van der Waals surface area (Å²) in [6.45, 7) is 1.87. The van der Waals surface area contributed by atoms with Crippen LogP contribution in [0.4, 0.5) is 5.82 Å². The molecule has 1 aliphatic rings. The topological polar surface area (TPSA) is 112 Å². The number of fused-ring (bicyclic) bond motifs is 1. The minimum absolute atomic E-state index is 0.0114. The Morgan fingerprint density at radius 1 is 1.07 bits per heavy atom. The van der Waals surface area contributed by atoms with Crippen LogP contribution in [0.15, 0.2) is 48.7 Å². The smallest absolute Gasteiger partial charge is 0.253 e. The van der Waals surface area contributed by atoms with Gasteiger partial charge in [-0.1, -0.05) is 12.1 Å². The fourth-order valence-corrected chi connectivity index (χ4v) is 3.87. The summed E-state index contributed by atoms with van der Waals surface area (Å²) >= 11 is 0. The van der Waals surface area contributed by atoms with Gasteiger partial charge in [0.1, 0.15) is 11.6 Å². The van der Waals surface area contributed by atoms with E-state index in [1.165, 1.54) is 0 Å². The maximum atomic E-state index is 12.7. The van der Waals surface area contributed by atoms with E-state index in [4.69, 9.17) is 16.2 Å². The first-order valence-corrected chi connectivity index (χ1v) is 10.0. The molecule has 4 rings (SSSR count). The molecular weight excluding hydrogens is 380 g/mol. The van der Waals surface area contributed by atoms with Crippen LogP contribution in [0.1, 0.15) is 39.1 Å². The summed E-state index contributed by atoms with van der Waals surface area (Å²) in [5.41, 5.74) is 13.2. The van der Waals surface area contributed by atoms with Crippen molar-refractivity contribution in [1.82, 2.24) is 9.88 Å². The summed E-state index contributed by atoms with van der Waals surface area (Å²) in [6.07, 6.45) is 4.13. The highest BCUT2D eigenvalue weighted by Crippen LogP contribution is 2.28. The molecule has 0 spiro atoms. The summed E-state index contributed by atoms with van der Waals surface area (Å²) in [5.74, 6) is 0.602. The molecule has 1 fully saturated rings. The molecule has 30 heavy (non-hydrogen) atoms. The molecule has 0 radical (unpaired) electrons. The van der Waals surface area contributed by atoms with Crippen LogP contribution in [0.25, 0.3) is 10.8 Å². The normalized spacial score (nSPS) is 13.5. The van der Waals surface area contributed by atoms with Crippen molar-refractivity contribution in [3.05, 3.63) is 65.4 Å². The number of carbonyl (C=O) groups is 2. The number of pyridine rings is 1. The number of amides is 2. The number of anilines is 1. The van der Waals surface area contributed by atoms with Gasteiger partial charge in [-0.15, -0.1) is 0 Å². The lowest BCUT2D eigenvalue weighted by molar-refractivity contribution is 0.0792. The summed E-state index contributed by atoms with van der Waals surface area (Å²) < 4.78 is 5.98. The molecule has 0 aliphatic carbocycles. The van der Waals surface area contributed by atoms with Gasteiger partial charge in [0.2, 0.25) is 5.91 Å². The van der Waals surface area contributed by atoms with Gasteiger partial charge in [0.05, 0.1) is 6.61 Å². The van der Waals surface area contributed by atoms with E-state index in [-0.39, 0.29) is 5.91 Å². The molecule has 1 aromatic heterocycles. The average Bonchev–Trinajstić information content (AvgIpc) is 3.28. The third kappa shape index (κ3) is 3.91. The number of hydrogen-bond acceptors (Lipinski definition) is 5. The number of hydrogen-bond donors (Lipinski definition) is 2. The molecule has 7 nitrogen and oxygen atoms in total. The third-order valence-corrected chi connectivity index (χ3v) is 5.44. The van der Waals surface area contributed by atoms with E-state index in [1.54, 1.807) is 24.4 Å². The SMILES string of the molecule is NC(=O)c1ccc(C(=O)N2CCCC2)cc1CCOc1cccc2c(N)nccc12. The van der Waals surface area contributed by atoms with Gasteiger partial charge in [0.25, 0.3) is 5.91 Å². The van der Waals surface area contributed by atoms with Gasteiger partial charge in [0.15, 0.2) is 0 Å². The van der Waals surface area contributed by atoms with Crippen molar-refractivity contribution >= 4 is 28.4 Å². The minimum Gasteiger partial charge on any atom is -0.493 e. The van der Waals surface area contributed by atoms with Crippen LogP contribution in [-0.4, -0.2) is 41.4 Å². The van der Waals surface area contributed by atoms with Crippen LogP contribution >= 0.6 is 0 Å². The first kappa shape index (κ1) is 19.7. The van der Waals surface area contributed by atoms with E-state index < -0.39 is 5.91 Å². The molecule has 2 heterocycles. The number of primary amides is 1. The van der Waals surface area contributed by atoms with Crippen molar-refractivity contribution in [2.45, 2.75) is 19.3 Å². The Morgan fingerprint density at radius 3 is 2.63 bits per heavy atom. The van der Waals surface area contributed by atoms with E-state index in [0.29, 0.717) is 41.3 Å². The quantitative estimate of drug-likeness (QED) is 0.656. The van der Waals surface area contributed by atoms with Crippen molar-refractivity contribution in [1.29, 1.82) is 0 Å². The monoisotopic (exact) mass is 404 g/mol. The lowest BCUT2D eigenvalue weighted by Crippen LogP contribution is -2.28. The van der Waals surface area contributed by atoms with Crippen LogP contribution in [0.3, 0.4) is 0 Å². The number of nitrogen functional groups attached to an aromatic ring is 1.